The van der Waals surface area contributed by atoms with Gasteiger partial charge in [-0.3, -0.25) is 0 Å². The van der Waals surface area contributed by atoms with Gasteiger partial charge in [0.05, 0.1) is 7.05 Å². The van der Waals surface area contributed by atoms with Crippen LogP contribution in [0.15, 0.2) is 10.2 Å². The van der Waals surface area contributed by atoms with E-state index in [2.05, 4.69) is 23.6 Å². The normalized spacial score (nSPS) is 10.2. The molecule has 80 valence electrons. The number of nitrogens with two attached hydrogens (primary N) is 1. The van der Waals surface area contributed by atoms with Gasteiger partial charge in [-0.2, -0.15) is 5.10 Å². The molecule has 2 N–H and O–H groups in total. The Kier molecular flexibility index (Phi) is 3.84. The van der Waals surface area contributed by atoms with Gasteiger partial charge in [0.1, 0.15) is 14.1 Å². The van der Waals surface area contributed by atoms with Crippen LogP contribution in [0.3, 0.4) is 0 Å². The van der Waals surface area contributed by atoms with E-state index >= 15 is 0 Å². The number of nitrogens with zero attached hydrogens (tertiary/aromatic N) is 5. The Bertz CT molecular complexity index is 240. The molecule has 0 fully saturated rings. The fourth-order valence-electron chi connectivity index (χ4n) is 0.869. The van der Waals surface area contributed by atoms with Gasteiger partial charge in [0, 0.05) is 18.7 Å². The van der Waals surface area contributed by atoms with Crippen LogP contribution in [0.5, 0.6) is 0 Å². The Labute approximate surface area is 82.3 Å². The summed E-state index contributed by atoms with van der Waals surface area (Å²) < 4.78 is -0.394. The van der Waals surface area contributed by atoms with Gasteiger partial charge >= 0.3 is 6.09 Å². The van der Waals surface area contributed by atoms with Crippen LogP contribution in [-0.4, -0.2) is 55.8 Å². The fourth-order valence-corrected chi connectivity index (χ4v) is 0.869. The molecule has 0 atom stereocenters. The van der Waals surface area contributed by atoms with Crippen molar-refractivity contribution in [2.24, 2.45) is 15.9 Å². The molecule has 0 saturated carbocycles. The van der Waals surface area contributed by atoms with Crippen molar-refractivity contribution in [3.8, 4) is 0 Å². The van der Waals surface area contributed by atoms with Gasteiger partial charge in [-0.15, -0.1) is 10.2 Å². The van der Waals surface area contributed by atoms with Crippen molar-refractivity contribution in [1.29, 1.82) is 0 Å². The summed E-state index contributed by atoms with van der Waals surface area (Å²) in [6.07, 6.45) is -0.930. The fraction of sp³-hybridized carbons (Fsp3) is 0.500. The van der Waals surface area contributed by atoms with Gasteiger partial charge in [-0.25, -0.2) is 9.63 Å². The van der Waals surface area contributed by atoms with E-state index in [0.717, 1.165) is 5.23 Å². The smallest absolute Gasteiger partial charge is 0.330 e. The second-order valence-corrected chi connectivity index (χ2v) is 2.74. The van der Waals surface area contributed by atoms with Gasteiger partial charge in [-0.05, 0) is 4.76 Å². The van der Waals surface area contributed by atoms with Crippen LogP contribution in [0.1, 0.15) is 0 Å². The molecular weight excluding hydrogens is 188 g/mol. The molecule has 0 unspecified atom stereocenters. The first kappa shape index (κ1) is 12.2. The van der Waals surface area contributed by atoms with Gasteiger partial charge in [-0.1, -0.05) is 0 Å². The second-order valence-electron chi connectivity index (χ2n) is 2.74. The van der Waals surface area contributed by atoms with Crippen LogP contribution in [0, 0.1) is 0 Å². The van der Waals surface area contributed by atoms with E-state index in [0.29, 0.717) is 0 Å². The third-order valence-corrected chi connectivity index (χ3v) is 1.33. The standard InChI is InChI=1S/C6H14N6O2/c1-8-10(3)11(9-2)12(4,5)14-6(7)13/h1-2H2,3-5H3,(H-,7,13)/p+1. The molecule has 0 aromatic heterocycles. The van der Waals surface area contributed by atoms with E-state index < -0.39 is 10.8 Å². The third-order valence-electron chi connectivity index (χ3n) is 1.33. The van der Waals surface area contributed by atoms with Crippen LogP contribution in [0.2, 0.25) is 0 Å². The molecule has 0 spiro atoms. The minimum atomic E-state index is -0.930. The van der Waals surface area contributed by atoms with Crippen molar-refractivity contribution in [2.45, 2.75) is 0 Å². The molecule has 0 aromatic carbocycles. The summed E-state index contributed by atoms with van der Waals surface area (Å²) in [4.78, 5) is 15.3. The molecule has 0 aliphatic heterocycles. The van der Waals surface area contributed by atoms with E-state index in [-0.39, 0.29) is 0 Å². The van der Waals surface area contributed by atoms with Gasteiger partial charge in [0.2, 0.25) is 0 Å². The zero-order chi connectivity index (χ0) is 11.4. The highest BCUT2D eigenvalue weighted by Crippen LogP contribution is 2.09. The Morgan fingerprint density at radius 3 is 2.21 bits per heavy atom. The van der Waals surface area contributed by atoms with Crippen LogP contribution >= 0.6 is 0 Å². The minimum Gasteiger partial charge on any atom is -0.330 e. The number of hydrogen-bond donors (Lipinski definition) is 1. The number of rotatable bonds is 5. The lowest BCUT2D eigenvalue weighted by Gasteiger charge is -2.34. The summed E-state index contributed by atoms with van der Waals surface area (Å²) in [7, 11) is 4.62. The van der Waals surface area contributed by atoms with Gasteiger partial charge < -0.3 is 5.73 Å². The topological polar surface area (TPSA) is 83.5 Å². The van der Waals surface area contributed by atoms with Crippen molar-refractivity contribution in [2.75, 3.05) is 21.1 Å². The number of amides is 1. The first-order chi connectivity index (χ1) is 6.35. The molecule has 8 nitrogen and oxygen atoms in total. The highest BCUT2D eigenvalue weighted by molar-refractivity contribution is 5.63. The molecule has 14 heavy (non-hydrogen) atoms. The van der Waals surface area contributed by atoms with Gasteiger partial charge in [0.15, 0.2) is 0 Å². The molecule has 0 aliphatic rings. The predicted octanol–water partition coefficient (Wildman–Crippen LogP) is -0.632. The summed E-state index contributed by atoms with van der Waals surface area (Å²) in [5.74, 6) is 0. The average molecular weight is 203 g/mol. The van der Waals surface area contributed by atoms with Crippen LogP contribution < -0.4 is 5.73 Å². The Morgan fingerprint density at radius 2 is 1.93 bits per heavy atom. The summed E-state index contributed by atoms with van der Waals surface area (Å²) in [6, 6.07) is 0. The number of hydroxylamine groups is 2. The number of hydrazine groups is 1. The van der Waals surface area contributed by atoms with Crippen molar-refractivity contribution >= 4 is 19.5 Å². The third kappa shape index (κ3) is 2.90. The predicted molar refractivity (Wildman–Crippen MR) is 51.5 cm³/mol. The molecule has 0 saturated heterocycles. The zero-order valence-corrected chi connectivity index (χ0v) is 8.54. The number of carbonyl (C=O) groups excluding carboxylic acids is 1. The van der Waals surface area contributed by atoms with Crippen molar-refractivity contribution < 1.29 is 14.4 Å². The lowest BCUT2D eigenvalue weighted by molar-refractivity contribution is -1.16. The van der Waals surface area contributed by atoms with Crippen molar-refractivity contribution in [3.05, 3.63) is 0 Å². The lowest BCUT2D eigenvalue weighted by Crippen LogP contribution is -2.58. The molecule has 0 aromatic rings. The van der Waals surface area contributed by atoms with Crippen LogP contribution in [0.4, 0.5) is 4.79 Å². The van der Waals surface area contributed by atoms with E-state index in [9.17, 15) is 4.79 Å². The average Bonchev–Trinajstić information content (AvgIpc) is 2.02. The van der Waals surface area contributed by atoms with Crippen molar-refractivity contribution in [1.82, 2.24) is 10.3 Å². The van der Waals surface area contributed by atoms with E-state index in [1.54, 1.807) is 7.05 Å². The molecule has 0 aliphatic carbocycles. The summed E-state index contributed by atoms with van der Waals surface area (Å²) in [6.45, 7) is 6.59. The SMILES string of the molecule is C=NN(C)N(N=C)[N+](C)(C)OC(N)=O. The monoisotopic (exact) mass is 203 g/mol. The maximum Gasteiger partial charge on any atom is 0.462 e. The van der Waals surface area contributed by atoms with Crippen LogP contribution in [-0.2, 0) is 4.84 Å². The van der Waals surface area contributed by atoms with Crippen LogP contribution in [0.25, 0.3) is 0 Å². The maximum atomic E-state index is 10.6. The Balaban J connectivity index is 4.72. The Morgan fingerprint density at radius 1 is 1.43 bits per heavy atom. The summed E-state index contributed by atoms with van der Waals surface area (Å²) >= 11 is 0. The van der Waals surface area contributed by atoms with Gasteiger partial charge in [0.25, 0.3) is 0 Å². The maximum absolute atomic E-state index is 10.6. The van der Waals surface area contributed by atoms with E-state index in [1.807, 2.05) is 0 Å². The highest BCUT2D eigenvalue weighted by atomic mass is 16.8. The number of quaternary nitrogens is 1. The number of hydrogen-bond acceptors (Lipinski definition) is 6. The molecule has 0 bridgehead atoms. The lowest BCUT2D eigenvalue weighted by atomic mass is 11.1. The zero-order valence-electron chi connectivity index (χ0n) is 8.54. The highest BCUT2D eigenvalue weighted by Gasteiger charge is 2.32. The van der Waals surface area contributed by atoms with Crippen molar-refractivity contribution in [3.63, 3.8) is 0 Å². The number of primary amides is 1. The number of carbonyl (C=O) groups is 1. The molecular formula is C6H15N6O2+. The molecule has 1 amide bonds. The molecule has 0 radical (unpaired) electrons. The first-order valence-electron chi connectivity index (χ1n) is 3.65. The Hall–Kier alpha value is -1.83. The summed E-state index contributed by atoms with van der Waals surface area (Å²) in [5.41, 5.74) is 4.88. The molecule has 0 rings (SSSR count). The molecule has 0 heterocycles. The second kappa shape index (κ2) is 4.42. The molecule has 8 heteroatoms. The number of hydrazone groups is 2. The largest absolute Gasteiger partial charge is 0.462 e. The quantitative estimate of drug-likeness (QED) is 0.366. The minimum absolute atomic E-state index is 0.394. The van der Waals surface area contributed by atoms with E-state index in [1.165, 1.54) is 19.2 Å². The summed E-state index contributed by atoms with van der Waals surface area (Å²) in [5, 5.41) is 9.57. The first-order valence-corrected chi connectivity index (χ1v) is 3.65. The van der Waals surface area contributed by atoms with E-state index in [4.69, 9.17) is 10.6 Å².